The van der Waals surface area contributed by atoms with Crippen LogP contribution in [0, 0.1) is 0 Å². The van der Waals surface area contributed by atoms with Crippen LogP contribution in [0.2, 0.25) is 0 Å². The predicted octanol–water partition coefficient (Wildman–Crippen LogP) is 2.80. The molecule has 1 atom stereocenters. The highest BCUT2D eigenvalue weighted by molar-refractivity contribution is 7.92. The van der Waals surface area contributed by atoms with E-state index in [4.69, 9.17) is 9.47 Å². The lowest BCUT2D eigenvalue weighted by Crippen LogP contribution is -2.47. The Bertz CT molecular complexity index is 1090. The largest absolute Gasteiger partial charge is 0.497 e. The summed E-state index contributed by atoms with van der Waals surface area (Å²) < 4.78 is 36.5. The summed E-state index contributed by atoms with van der Waals surface area (Å²) in [5, 5.41) is 2.76. The normalized spacial score (nSPS) is 11.9. The second kappa shape index (κ2) is 13.0. The Morgan fingerprint density at radius 1 is 1.03 bits per heavy atom. The number of hydrogen-bond donors (Lipinski definition) is 1. The molecule has 0 radical (unpaired) electrons. The number of rotatable bonds is 13. The molecule has 0 aliphatic heterocycles. The van der Waals surface area contributed by atoms with Gasteiger partial charge in [-0.15, -0.1) is 0 Å². The number of nitrogens with one attached hydrogen (secondary N) is 1. The molecule has 0 bridgehead atoms. The molecule has 0 aliphatic carbocycles. The highest BCUT2D eigenvalue weighted by Gasteiger charge is 2.26. The minimum Gasteiger partial charge on any atom is -0.497 e. The Labute approximate surface area is 208 Å². The van der Waals surface area contributed by atoms with Gasteiger partial charge in [0.05, 0.1) is 26.2 Å². The van der Waals surface area contributed by atoms with Crippen LogP contribution in [0.15, 0.2) is 48.5 Å². The number of carbonyl (C=O) groups is 2. The molecule has 1 N–H and O–H groups in total. The molecule has 0 aromatic heterocycles. The van der Waals surface area contributed by atoms with Crippen LogP contribution in [0.3, 0.4) is 0 Å². The fourth-order valence-electron chi connectivity index (χ4n) is 3.62. The van der Waals surface area contributed by atoms with E-state index in [1.54, 1.807) is 38.3 Å². The summed E-state index contributed by atoms with van der Waals surface area (Å²) in [6, 6.07) is 13.3. The van der Waals surface area contributed by atoms with E-state index >= 15 is 0 Å². The lowest BCUT2D eigenvalue weighted by molar-refractivity contribution is -0.140. The summed E-state index contributed by atoms with van der Waals surface area (Å²) in [5.74, 6) is 0.781. The molecule has 0 aliphatic rings. The molecule has 9 nitrogen and oxygen atoms in total. The van der Waals surface area contributed by atoms with Crippen molar-refractivity contribution in [2.75, 3.05) is 37.9 Å². The number of amides is 2. The van der Waals surface area contributed by atoms with Crippen molar-refractivity contribution < 1.29 is 27.5 Å². The molecule has 0 fully saturated rings. The van der Waals surface area contributed by atoms with Crippen LogP contribution < -0.4 is 19.1 Å². The monoisotopic (exact) mass is 505 g/mol. The fraction of sp³-hybridized carbons (Fsp3) is 0.440. The molecule has 10 heteroatoms. The molecule has 2 aromatic carbocycles. The Hall–Kier alpha value is -3.27. The maximum absolute atomic E-state index is 13.2. The number of anilines is 1. The van der Waals surface area contributed by atoms with Gasteiger partial charge in [0.1, 0.15) is 17.5 Å². The van der Waals surface area contributed by atoms with Gasteiger partial charge in [0.25, 0.3) is 0 Å². The Balaban J connectivity index is 2.16. The molecule has 2 aromatic rings. The van der Waals surface area contributed by atoms with Crippen LogP contribution in [0.1, 0.15) is 32.3 Å². The average Bonchev–Trinajstić information content (AvgIpc) is 2.84. The van der Waals surface area contributed by atoms with Gasteiger partial charge in [-0.25, -0.2) is 8.42 Å². The van der Waals surface area contributed by atoms with Crippen LogP contribution in [0.4, 0.5) is 5.69 Å². The highest BCUT2D eigenvalue weighted by atomic mass is 32.2. The standard InChI is InChI=1S/C25H35N3O6S/c1-6-26-25(30)19(2)27(18-20-9-7-10-23(17-20)34-4)24(29)11-8-16-28(35(5,31)32)21-12-14-22(33-3)15-13-21/h7,9-10,12-15,17,19H,6,8,11,16,18H2,1-5H3,(H,26,30)/t19-/m0/s1. The summed E-state index contributed by atoms with van der Waals surface area (Å²) in [6.07, 6.45) is 1.50. The molecule has 35 heavy (non-hydrogen) atoms. The Morgan fingerprint density at radius 2 is 1.69 bits per heavy atom. The lowest BCUT2D eigenvalue weighted by Gasteiger charge is -2.29. The summed E-state index contributed by atoms with van der Waals surface area (Å²) in [4.78, 5) is 27.3. The van der Waals surface area contributed by atoms with E-state index in [0.717, 1.165) is 11.8 Å². The number of ether oxygens (including phenoxy) is 2. The summed E-state index contributed by atoms with van der Waals surface area (Å²) >= 11 is 0. The van der Waals surface area contributed by atoms with Crippen molar-refractivity contribution in [2.45, 2.75) is 39.3 Å². The predicted molar refractivity (Wildman–Crippen MR) is 136 cm³/mol. The van der Waals surface area contributed by atoms with E-state index in [0.29, 0.717) is 23.7 Å². The number of benzene rings is 2. The fourth-order valence-corrected chi connectivity index (χ4v) is 4.59. The number of sulfonamides is 1. The topological polar surface area (TPSA) is 105 Å². The van der Waals surface area contributed by atoms with Gasteiger partial charge in [0.15, 0.2) is 0 Å². The quantitative estimate of drug-likeness (QED) is 0.449. The van der Waals surface area contributed by atoms with Gasteiger partial charge in [0.2, 0.25) is 21.8 Å². The second-order valence-corrected chi connectivity index (χ2v) is 9.99. The molecule has 2 amide bonds. The first-order chi connectivity index (χ1) is 16.6. The van der Waals surface area contributed by atoms with E-state index in [1.165, 1.54) is 16.3 Å². The van der Waals surface area contributed by atoms with E-state index < -0.39 is 16.1 Å². The van der Waals surface area contributed by atoms with Crippen molar-refractivity contribution in [1.29, 1.82) is 0 Å². The molecule has 0 saturated heterocycles. The van der Waals surface area contributed by atoms with E-state index in [9.17, 15) is 18.0 Å². The molecule has 0 unspecified atom stereocenters. The van der Waals surface area contributed by atoms with Gasteiger partial charge in [-0.2, -0.15) is 0 Å². The second-order valence-electron chi connectivity index (χ2n) is 8.08. The maximum atomic E-state index is 13.2. The lowest BCUT2D eigenvalue weighted by atomic mass is 10.1. The Kier molecular flexibility index (Phi) is 10.4. The van der Waals surface area contributed by atoms with Crippen molar-refractivity contribution in [2.24, 2.45) is 0 Å². The number of nitrogens with zero attached hydrogens (tertiary/aromatic N) is 2. The van der Waals surface area contributed by atoms with Crippen LogP contribution in [-0.4, -0.2) is 64.7 Å². The molecular weight excluding hydrogens is 470 g/mol. The smallest absolute Gasteiger partial charge is 0.242 e. The number of methoxy groups -OCH3 is 2. The number of carbonyl (C=O) groups excluding carboxylic acids is 2. The van der Waals surface area contributed by atoms with Gasteiger partial charge in [-0.3, -0.25) is 13.9 Å². The van der Waals surface area contributed by atoms with Gasteiger partial charge in [-0.05, 0) is 62.2 Å². The third-order valence-electron chi connectivity index (χ3n) is 5.52. The molecule has 0 spiro atoms. The molecular formula is C25H35N3O6S. The first kappa shape index (κ1) is 28.0. The van der Waals surface area contributed by atoms with Crippen molar-refractivity contribution >= 4 is 27.5 Å². The minimum absolute atomic E-state index is 0.0793. The van der Waals surface area contributed by atoms with Crippen LogP contribution in [0.5, 0.6) is 11.5 Å². The molecule has 0 saturated carbocycles. The molecule has 0 heterocycles. The number of hydrogen-bond acceptors (Lipinski definition) is 6. The van der Waals surface area contributed by atoms with E-state index in [-0.39, 0.29) is 37.7 Å². The zero-order valence-electron chi connectivity index (χ0n) is 21.0. The third kappa shape index (κ3) is 8.17. The van der Waals surface area contributed by atoms with E-state index in [1.807, 2.05) is 31.2 Å². The SMILES string of the molecule is CCNC(=O)[C@H](C)N(Cc1cccc(OC)c1)C(=O)CCCN(c1ccc(OC)cc1)S(C)(=O)=O. The number of likely N-dealkylation sites (N-methyl/N-ethyl adjacent to an activating group) is 1. The van der Waals surface area contributed by atoms with Crippen molar-refractivity contribution in [3.8, 4) is 11.5 Å². The van der Waals surface area contributed by atoms with Crippen molar-refractivity contribution in [3.63, 3.8) is 0 Å². The zero-order valence-corrected chi connectivity index (χ0v) is 21.8. The van der Waals surface area contributed by atoms with E-state index in [2.05, 4.69) is 5.32 Å². The van der Waals surface area contributed by atoms with Crippen molar-refractivity contribution in [1.82, 2.24) is 10.2 Å². The summed E-state index contributed by atoms with van der Waals surface area (Å²) in [5.41, 5.74) is 1.31. The van der Waals surface area contributed by atoms with Gasteiger partial charge >= 0.3 is 0 Å². The average molecular weight is 506 g/mol. The van der Waals surface area contributed by atoms with Crippen LogP contribution in [-0.2, 0) is 26.2 Å². The zero-order chi connectivity index (χ0) is 26.0. The van der Waals surface area contributed by atoms with Crippen LogP contribution in [0.25, 0.3) is 0 Å². The molecule has 2 rings (SSSR count). The summed E-state index contributed by atoms with van der Waals surface area (Å²) in [6.45, 7) is 4.30. The first-order valence-corrected chi connectivity index (χ1v) is 13.3. The highest BCUT2D eigenvalue weighted by Crippen LogP contribution is 2.22. The third-order valence-corrected chi connectivity index (χ3v) is 6.71. The van der Waals surface area contributed by atoms with Gasteiger partial charge in [0, 0.05) is 26.1 Å². The molecule has 192 valence electrons. The van der Waals surface area contributed by atoms with Crippen LogP contribution >= 0.6 is 0 Å². The van der Waals surface area contributed by atoms with Gasteiger partial charge < -0.3 is 19.7 Å². The first-order valence-electron chi connectivity index (χ1n) is 11.4. The maximum Gasteiger partial charge on any atom is 0.242 e. The summed E-state index contributed by atoms with van der Waals surface area (Å²) in [7, 11) is -0.459. The van der Waals surface area contributed by atoms with Gasteiger partial charge in [-0.1, -0.05) is 12.1 Å². The minimum atomic E-state index is -3.56. The van der Waals surface area contributed by atoms with Crippen molar-refractivity contribution in [3.05, 3.63) is 54.1 Å². The Morgan fingerprint density at radius 3 is 2.26 bits per heavy atom.